The Balaban J connectivity index is 1.69. The number of thioether (sulfide) groups is 1. The first kappa shape index (κ1) is 19.0. The molecule has 0 fully saturated rings. The van der Waals surface area contributed by atoms with Crippen LogP contribution in [0.5, 0.6) is 5.75 Å². The third-order valence-electron chi connectivity index (χ3n) is 4.13. The number of methoxy groups -OCH3 is 1. The van der Waals surface area contributed by atoms with Crippen LogP contribution in [0.3, 0.4) is 0 Å². The van der Waals surface area contributed by atoms with E-state index in [9.17, 15) is 4.79 Å². The number of carbonyl (C=O) groups excluding carboxylic acids is 1. The van der Waals surface area contributed by atoms with Crippen LogP contribution in [0.25, 0.3) is 5.69 Å². The Bertz CT molecular complexity index is 908. The topological polar surface area (TPSA) is 69.0 Å². The van der Waals surface area contributed by atoms with Crippen molar-refractivity contribution >= 4 is 23.4 Å². The van der Waals surface area contributed by atoms with E-state index < -0.39 is 0 Å². The zero-order valence-electron chi connectivity index (χ0n) is 15.5. The minimum Gasteiger partial charge on any atom is -0.497 e. The van der Waals surface area contributed by atoms with Gasteiger partial charge in [-0.05, 0) is 43.2 Å². The summed E-state index contributed by atoms with van der Waals surface area (Å²) in [6, 6.07) is 15.5. The number of ether oxygens (including phenoxy) is 1. The Morgan fingerprint density at radius 1 is 1.26 bits per heavy atom. The van der Waals surface area contributed by atoms with E-state index >= 15 is 0 Å². The zero-order chi connectivity index (χ0) is 19.2. The molecule has 0 bridgehead atoms. The van der Waals surface area contributed by atoms with E-state index in [4.69, 9.17) is 4.74 Å². The highest BCUT2D eigenvalue weighted by Gasteiger charge is 2.18. The van der Waals surface area contributed by atoms with Crippen LogP contribution in [0.15, 0.2) is 60.0 Å². The van der Waals surface area contributed by atoms with Crippen LogP contribution in [-0.2, 0) is 11.2 Å². The number of amides is 1. The summed E-state index contributed by atoms with van der Waals surface area (Å²) in [4.78, 5) is 12.5. The molecule has 0 radical (unpaired) electrons. The van der Waals surface area contributed by atoms with E-state index in [2.05, 4.69) is 22.4 Å². The lowest BCUT2D eigenvalue weighted by Gasteiger charge is -2.13. The molecule has 0 aliphatic rings. The minimum absolute atomic E-state index is 0.0792. The molecule has 1 aromatic heterocycles. The second-order valence-electron chi connectivity index (χ2n) is 5.98. The SMILES string of the molecule is CCc1ccc(NC(=O)C(C)Sc2nncn2-c2cccc(OC)c2)cc1. The van der Waals surface area contributed by atoms with Crippen molar-refractivity contribution in [2.75, 3.05) is 12.4 Å². The number of hydrogen-bond acceptors (Lipinski definition) is 5. The van der Waals surface area contributed by atoms with Crippen molar-refractivity contribution in [2.24, 2.45) is 0 Å². The molecular formula is C20H22N4O2S. The molecule has 0 aliphatic carbocycles. The molecule has 0 spiro atoms. The molecule has 3 rings (SSSR count). The second-order valence-corrected chi connectivity index (χ2v) is 7.29. The van der Waals surface area contributed by atoms with Crippen molar-refractivity contribution in [1.29, 1.82) is 0 Å². The molecule has 1 amide bonds. The molecule has 0 aliphatic heterocycles. The highest BCUT2D eigenvalue weighted by Crippen LogP contribution is 2.26. The molecule has 1 unspecified atom stereocenters. The summed E-state index contributed by atoms with van der Waals surface area (Å²) < 4.78 is 7.11. The van der Waals surface area contributed by atoms with Crippen molar-refractivity contribution in [3.05, 3.63) is 60.4 Å². The second kappa shape index (κ2) is 8.73. The maximum atomic E-state index is 12.5. The first-order valence-corrected chi connectivity index (χ1v) is 9.59. The van der Waals surface area contributed by atoms with Gasteiger partial charge in [-0.15, -0.1) is 10.2 Å². The molecule has 27 heavy (non-hydrogen) atoms. The van der Waals surface area contributed by atoms with Crippen molar-refractivity contribution in [2.45, 2.75) is 30.7 Å². The number of aromatic nitrogens is 3. The van der Waals surface area contributed by atoms with Crippen LogP contribution < -0.4 is 10.1 Å². The van der Waals surface area contributed by atoms with Gasteiger partial charge in [-0.25, -0.2) is 0 Å². The fourth-order valence-corrected chi connectivity index (χ4v) is 3.36. The van der Waals surface area contributed by atoms with E-state index in [1.807, 2.05) is 60.0 Å². The highest BCUT2D eigenvalue weighted by molar-refractivity contribution is 8.00. The number of anilines is 1. The van der Waals surface area contributed by atoms with Gasteiger partial charge < -0.3 is 10.1 Å². The number of aryl methyl sites for hydroxylation is 1. The highest BCUT2D eigenvalue weighted by atomic mass is 32.2. The maximum absolute atomic E-state index is 12.5. The lowest BCUT2D eigenvalue weighted by molar-refractivity contribution is -0.115. The molecule has 0 saturated heterocycles. The average molecular weight is 382 g/mol. The number of rotatable bonds is 7. The average Bonchev–Trinajstić information content (AvgIpc) is 3.16. The van der Waals surface area contributed by atoms with Crippen LogP contribution in [0.1, 0.15) is 19.4 Å². The van der Waals surface area contributed by atoms with Gasteiger partial charge >= 0.3 is 0 Å². The van der Waals surface area contributed by atoms with Gasteiger partial charge in [0, 0.05) is 11.8 Å². The maximum Gasteiger partial charge on any atom is 0.237 e. The summed E-state index contributed by atoms with van der Waals surface area (Å²) >= 11 is 1.36. The van der Waals surface area contributed by atoms with Crippen LogP contribution in [0.4, 0.5) is 5.69 Å². The van der Waals surface area contributed by atoms with Gasteiger partial charge in [0.25, 0.3) is 0 Å². The summed E-state index contributed by atoms with van der Waals surface area (Å²) in [5.74, 6) is 0.669. The van der Waals surface area contributed by atoms with Crippen molar-refractivity contribution in [1.82, 2.24) is 14.8 Å². The number of benzene rings is 2. The van der Waals surface area contributed by atoms with Gasteiger partial charge in [0.1, 0.15) is 12.1 Å². The molecule has 1 atom stereocenters. The summed E-state index contributed by atoms with van der Waals surface area (Å²) in [6.07, 6.45) is 2.60. The molecule has 140 valence electrons. The molecule has 7 heteroatoms. The first-order chi connectivity index (χ1) is 13.1. The molecule has 0 saturated carbocycles. The van der Waals surface area contributed by atoms with Crippen molar-refractivity contribution < 1.29 is 9.53 Å². The lowest BCUT2D eigenvalue weighted by Crippen LogP contribution is -2.22. The summed E-state index contributed by atoms with van der Waals surface area (Å²) in [5.41, 5.74) is 2.91. The van der Waals surface area contributed by atoms with Gasteiger partial charge in [0.2, 0.25) is 5.91 Å². The normalized spacial score (nSPS) is 11.8. The van der Waals surface area contributed by atoms with E-state index in [-0.39, 0.29) is 11.2 Å². The van der Waals surface area contributed by atoms with Crippen molar-refractivity contribution in [3.8, 4) is 11.4 Å². The van der Waals surface area contributed by atoms with Crippen LogP contribution in [0, 0.1) is 0 Å². The predicted octanol–water partition coefficient (Wildman–Crippen LogP) is 3.96. The Hall–Kier alpha value is -2.80. The monoisotopic (exact) mass is 382 g/mol. The molecule has 1 heterocycles. The fourth-order valence-electron chi connectivity index (χ4n) is 2.52. The van der Waals surface area contributed by atoms with Crippen molar-refractivity contribution in [3.63, 3.8) is 0 Å². The van der Waals surface area contributed by atoms with E-state index in [1.54, 1.807) is 13.4 Å². The number of nitrogens with zero attached hydrogens (tertiary/aromatic N) is 3. The van der Waals surface area contributed by atoms with E-state index in [1.165, 1.54) is 17.3 Å². The quantitative estimate of drug-likeness (QED) is 0.627. The third kappa shape index (κ3) is 4.68. The molecule has 2 aromatic carbocycles. The van der Waals surface area contributed by atoms with Gasteiger partial charge in [-0.2, -0.15) is 0 Å². The van der Waals surface area contributed by atoms with Gasteiger partial charge in [0.15, 0.2) is 5.16 Å². The fraction of sp³-hybridized carbons (Fsp3) is 0.250. The molecular weight excluding hydrogens is 360 g/mol. The van der Waals surface area contributed by atoms with E-state index in [0.29, 0.717) is 5.16 Å². The Morgan fingerprint density at radius 3 is 2.74 bits per heavy atom. The van der Waals surface area contributed by atoms with Gasteiger partial charge in [-0.3, -0.25) is 9.36 Å². The van der Waals surface area contributed by atoms with Gasteiger partial charge in [-0.1, -0.05) is 36.9 Å². The number of hydrogen-bond donors (Lipinski definition) is 1. The third-order valence-corrected chi connectivity index (χ3v) is 5.19. The van der Waals surface area contributed by atoms with E-state index in [0.717, 1.165) is 23.5 Å². The Morgan fingerprint density at radius 2 is 2.04 bits per heavy atom. The minimum atomic E-state index is -0.329. The lowest BCUT2D eigenvalue weighted by atomic mass is 10.1. The Kier molecular flexibility index (Phi) is 6.13. The van der Waals surface area contributed by atoms with Crippen LogP contribution in [0.2, 0.25) is 0 Å². The smallest absolute Gasteiger partial charge is 0.237 e. The largest absolute Gasteiger partial charge is 0.497 e. The standard InChI is InChI=1S/C20H22N4O2S/c1-4-15-8-10-16(11-9-15)22-19(25)14(2)27-20-23-21-13-24(20)17-6-5-7-18(12-17)26-3/h5-14H,4H2,1-3H3,(H,22,25). The zero-order valence-corrected chi connectivity index (χ0v) is 16.4. The Labute approximate surface area is 163 Å². The molecule has 3 aromatic rings. The van der Waals surface area contributed by atoms with Crippen LogP contribution in [-0.4, -0.2) is 33.0 Å². The van der Waals surface area contributed by atoms with Gasteiger partial charge in [0.05, 0.1) is 18.0 Å². The van der Waals surface area contributed by atoms with Crippen LogP contribution >= 0.6 is 11.8 Å². The summed E-state index contributed by atoms with van der Waals surface area (Å²) in [6.45, 7) is 3.95. The molecule has 1 N–H and O–H groups in total. The predicted molar refractivity (Wildman–Crippen MR) is 108 cm³/mol. The number of carbonyl (C=O) groups is 1. The molecule has 6 nitrogen and oxygen atoms in total. The first-order valence-electron chi connectivity index (χ1n) is 8.71. The number of nitrogens with one attached hydrogen (secondary N) is 1. The summed E-state index contributed by atoms with van der Waals surface area (Å²) in [5, 5.41) is 11.4. The summed E-state index contributed by atoms with van der Waals surface area (Å²) in [7, 11) is 1.63.